The summed E-state index contributed by atoms with van der Waals surface area (Å²) in [5, 5.41) is 3.22. The smallest absolute Gasteiger partial charge is 0.147 e. The van der Waals surface area contributed by atoms with Crippen LogP contribution in [0.2, 0.25) is 0 Å². The van der Waals surface area contributed by atoms with Crippen molar-refractivity contribution in [1.29, 1.82) is 0 Å². The predicted molar refractivity (Wildman–Crippen MR) is 191 cm³/mol. The van der Waals surface area contributed by atoms with Crippen LogP contribution < -0.4 is 10.4 Å². The minimum Gasteiger partial charge on any atom is -0.147 e. The van der Waals surface area contributed by atoms with Gasteiger partial charge in [0.15, 0.2) is 0 Å². The van der Waals surface area contributed by atoms with Crippen LogP contribution in [0.1, 0.15) is 40.6 Å². The van der Waals surface area contributed by atoms with Crippen LogP contribution in [-0.4, -0.2) is 5.92 Å². The second-order valence-electron chi connectivity index (χ2n) is 11.9. The van der Waals surface area contributed by atoms with E-state index in [4.69, 9.17) is 0 Å². The summed E-state index contributed by atoms with van der Waals surface area (Å²) in [6.45, 7) is 4.73. The van der Waals surface area contributed by atoms with E-state index in [1.165, 1.54) is 33.4 Å². The van der Waals surface area contributed by atoms with Gasteiger partial charge in [-0.2, -0.15) is 0 Å². The van der Waals surface area contributed by atoms with Crippen LogP contribution in [0.5, 0.6) is 0 Å². The van der Waals surface area contributed by atoms with Crippen molar-refractivity contribution in [1.82, 2.24) is 0 Å². The van der Waals surface area contributed by atoms with Crippen LogP contribution in [0.15, 0.2) is 146 Å². The van der Waals surface area contributed by atoms with Gasteiger partial charge < -0.3 is 0 Å². The van der Waals surface area contributed by atoms with Gasteiger partial charge in [-0.05, 0) is 0 Å². The third-order valence-electron chi connectivity index (χ3n) is 9.62. The van der Waals surface area contributed by atoms with E-state index in [2.05, 4.69) is 159 Å². The summed E-state index contributed by atoms with van der Waals surface area (Å²) in [5.74, 6) is -1.65. The molecule has 0 saturated carbocycles. The minimum absolute atomic E-state index is 0. The van der Waals surface area contributed by atoms with Gasteiger partial charge in [0.2, 0.25) is 0 Å². The van der Waals surface area contributed by atoms with Gasteiger partial charge in [0.05, 0.1) is 0 Å². The monoisotopic (exact) mass is 703 g/mol. The Morgan fingerprint density at radius 1 is 0.409 bits per heavy atom. The minimum atomic E-state index is -2.67. The average molecular weight is 706 g/mol. The van der Waals surface area contributed by atoms with E-state index in [0.717, 1.165) is 0 Å². The van der Waals surface area contributed by atoms with Gasteiger partial charge in [-0.15, -0.1) is 24.8 Å². The van der Waals surface area contributed by atoms with Crippen LogP contribution >= 0.6 is 24.8 Å². The summed E-state index contributed by atoms with van der Waals surface area (Å²) >= 11 is -2.67. The van der Waals surface area contributed by atoms with Crippen molar-refractivity contribution in [3.63, 3.8) is 0 Å². The molecule has 0 bridgehead atoms. The average Bonchev–Trinajstić information content (AvgIpc) is 3.56. The second kappa shape index (κ2) is 12.8. The quantitative estimate of drug-likeness (QED) is 0.157. The van der Waals surface area contributed by atoms with Gasteiger partial charge in [0.25, 0.3) is 0 Å². The molecule has 0 spiro atoms. The summed E-state index contributed by atoms with van der Waals surface area (Å²) in [6.07, 6.45) is 0. The van der Waals surface area contributed by atoms with Gasteiger partial charge >= 0.3 is 260 Å². The van der Waals surface area contributed by atoms with Gasteiger partial charge in [0, 0.05) is 0 Å². The van der Waals surface area contributed by atoms with Crippen molar-refractivity contribution in [2.24, 2.45) is 0 Å². The van der Waals surface area contributed by atoms with Gasteiger partial charge in [-0.25, -0.2) is 0 Å². The molecule has 2 aliphatic carbocycles. The summed E-state index contributed by atoms with van der Waals surface area (Å²) < 4.78 is 1.00. The maximum atomic E-state index is 2.47. The normalized spacial score (nSPS) is 15.3. The summed E-state index contributed by atoms with van der Waals surface area (Å²) in [5.41, 5.74) is 15.2. The molecule has 0 fully saturated rings. The molecule has 2 aliphatic rings. The van der Waals surface area contributed by atoms with E-state index in [9.17, 15) is 0 Å². The maximum Gasteiger partial charge on any atom is -0.147 e. The van der Waals surface area contributed by atoms with Crippen molar-refractivity contribution in [3.05, 3.63) is 179 Å². The molecule has 2 atom stereocenters. The van der Waals surface area contributed by atoms with Crippen LogP contribution in [0.4, 0.5) is 0 Å². The fraction of sp³-hybridized carbons (Fsp3) is 0.100. The molecule has 6 aromatic rings. The van der Waals surface area contributed by atoms with Crippen molar-refractivity contribution < 1.29 is 20.9 Å². The molecular weight excluding hydrogens is 671 g/mol. The van der Waals surface area contributed by atoms with E-state index >= 15 is 0 Å². The van der Waals surface area contributed by atoms with E-state index < -0.39 is 26.8 Å². The molecule has 0 aromatic heterocycles. The third kappa shape index (κ3) is 4.92. The Bertz CT molecular complexity index is 1800. The van der Waals surface area contributed by atoms with Crippen LogP contribution in [0, 0.1) is 13.8 Å². The van der Waals surface area contributed by atoms with Crippen LogP contribution in [-0.2, 0) is 20.9 Å². The first-order chi connectivity index (χ1) is 20.7. The molecule has 0 heterocycles. The molecule has 44 heavy (non-hydrogen) atoms. The van der Waals surface area contributed by atoms with Crippen molar-refractivity contribution in [3.8, 4) is 22.3 Å². The van der Waals surface area contributed by atoms with Crippen LogP contribution in [0.25, 0.3) is 22.3 Å². The number of fused-ring (bicyclic) bond motifs is 6. The zero-order chi connectivity index (χ0) is 28.2. The molecule has 217 valence electrons. The molecule has 6 aromatic carbocycles. The Labute approximate surface area is 282 Å². The van der Waals surface area contributed by atoms with E-state index in [1.54, 1.807) is 32.6 Å². The first-order valence-electron chi connectivity index (χ1n) is 15.1. The number of hydrogen-bond donors (Lipinski definition) is 0. The fourth-order valence-corrected chi connectivity index (χ4v) is 35.9. The predicted octanol–water partition coefficient (Wildman–Crippen LogP) is 9.14. The molecule has 0 radical (unpaired) electrons. The molecule has 4 heteroatoms. The van der Waals surface area contributed by atoms with Gasteiger partial charge in [-0.3, -0.25) is 0 Å². The zero-order valence-corrected chi connectivity index (χ0v) is 30.2. The standard InChI is InChI=1S/2C14H11.C12H11Si.2ClH.Zr/c2*1-10-5-4-8-13-12-7-3-2-6-11(12)9-14(10)13;1-3-7-11(8-4-1)13-12-9-5-2-6-10-12;;;/h2*2-9H,1H3;1-10,13H;2*1H;. The first kappa shape index (κ1) is 31.0. The molecule has 0 saturated heterocycles. The summed E-state index contributed by atoms with van der Waals surface area (Å²) in [6, 6.07) is 56.2. The largest absolute Gasteiger partial charge is 0.147 e. The van der Waals surface area contributed by atoms with Crippen molar-refractivity contribution >= 4 is 41.1 Å². The molecule has 0 aliphatic heterocycles. The SMILES string of the molecule is Cc1cccc2c1[CH]([Zr]([CH]1c3ccccc3-c3cccc(C)c31)[SiH](c1ccccc1)c1ccccc1)c1ccccc1-2.Cl.Cl. The van der Waals surface area contributed by atoms with Crippen molar-refractivity contribution in [2.75, 3.05) is 0 Å². The molecule has 0 N–H and O–H groups in total. The number of hydrogen-bond acceptors (Lipinski definition) is 0. The molecular formula is C40H35Cl2SiZr. The number of halogens is 2. The first-order valence-corrected chi connectivity index (χ1v) is 23.9. The number of benzene rings is 6. The Morgan fingerprint density at radius 3 is 1.20 bits per heavy atom. The van der Waals surface area contributed by atoms with Gasteiger partial charge in [0.1, 0.15) is 0 Å². The third-order valence-corrected chi connectivity index (χ3v) is 32.4. The van der Waals surface area contributed by atoms with E-state index in [1.807, 2.05) is 0 Å². The van der Waals surface area contributed by atoms with Crippen LogP contribution in [0.3, 0.4) is 0 Å². The molecule has 0 nitrogen and oxygen atoms in total. The summed E-state index contributed by atoms with van der Waals surface area (Å²) in [4.78, 5) is 0. The zero-order valence-electron chi connectivity index (χ0n) is 24.9. The maximum absolute atomic E-state index is 2.67. The Kier molecular flexibility index (Phi) is 9.00. The number of aryl methyl sites for hydroxylation is 2. The number of rotatable bonds is 5. The van der Waals surface area contributed by atoms with Crippen molar-refractivity contribution in [2.45, 2.75) is 21.1 Å². The Balaban J connectivity index is 0.00000171. The van der Waals surface area contributed by atoms with E-state index in [-0.39, 0.29) is 24.8 Å². The topological polar surface area (TPSA) is 0 Å². The molecule has 2 unspecified atom stereocenters. The Hall–Kier alpha value is -3.00. The molecule has 8 rings (SSSR count). The summed E-state index contributed by atoms with van der Waals surface area (Å²) in [7, 11) is 0. The van der Waals surface area contributed by atoms with Gasteiger partial charge in [-0.1, -0.05) is 0 Å². The second-order valence-corrected chi connectivity index (χ2v) is 27.6. The van der Waals surface area contributed by atoms with E-state index in [0.29, 0.717) is 7.25 Å². The molecule has 0 amide bonds. The Morgan fingerprint density at radius 2 is 0.773 bits per heavy atom. The fourth-order valence-electron chi connectivity index (χ4n) is 7.96.